The molecule has 0 amide bonds. The highest BCUT2D eigenvalue weighted by atomic mass is 31.2. The first-order chi connectivity index (χ1) is 13.0. The quantitative estimate of drug-likeness (QED) is 0.602. The van der Waals surface area contributed by atoms with E-state index in [2.05, 4.69) is 4.98 Å². The van der Waals surface area contributed by atoms with Gasteiger partial charge in [0.15, 0.2) is 0 Å². The van der Waals surface area contributed by atoms with Gasteiger partial charge in [0.05, 0.1) is 30.6 Å². The van der Waals surface area contributed by atoms with Crippen molar-refractivity contribution in [1.29, 1.82) is 0 Å². The molecule has 0 radical (unpaired) electrons. The number of pyridine rings is 1. The highest BCUT2D eigenvalue weighted by Crippen LogP contribution is 2.49. The molecule has 1 heterocycles. The summed E-state index contributed by atoms with van der Waals surface area (Å²) < 4.78 is 24.7. The average Bonchev–Trinajstić information content (AvgIpc) is 2.67. The molecule has 0 saturated heterocycles. The Morgan fingerprint density at radius 1 is 0.963 bits per heavy atom. The molecule has 0 aliphatic heterocycles. The van der Waals surface area contributed by atoms with Gasteiger partial charge in [-0.2, -0.15) is 0 Å². The van der Waals surface area contributed by atoms with E-state index in [-0.39, 0.29) is 19.8 Å². The molecule has 0 atom stereocenters. The zero-order valence-corrected chi connectivity index (χ0v) is 16.7. The summed E-state index contributed by atoms with van der Waals surface area (Å²) in [4.78, 5) is 4.60. The fourth-order valence-electron chi connectivity index (χ4n) is 3.01. The van der Waals surface area contributed by atoms with E-state index < -0.39 is 7.60 Å². The van der Waals surface area contributed by atoms with Crippen LogP contribution in [0.5, 0.6) is 0 Å². The van der Waals surface area contributed by atoms with Gasteiger partial charge in [0.2, 0.25) is 0 Å². The number of aromatic nitrogens is 1. The van der Waals surface area contributed by atoms with Gasteiger partial charge in [0.25, 0.3) is 0 Å². The molecule has 0 saturated carbocycles. The van der Waals surface area contributed by atoms with E-state index >= 15 is 0 Å². The summed E-state index contributed by atoms with van der Waals surface area (Å²) in [5, 5.41) is 10.6. The molecule has 5 nitrogen and oxygen atoms in total. The topological polar surface area (TPSA) is 68.7 Å². The van der Waals surface area contributed by atoms with Gasteiger partial charge in [-0.05, 0) is 55.7 Å². The van der Waals surface area contributed by atoms with Gasteiger partial charge >= 0.3 is 7.60 Å². The first kappa shape index (κ1) is 19.7. The van der Waals surface area contributed by atoms with Crippen molar-refractivity contribution in [2.75, 3.05) is 13.2 Å². The molecule has 6 heteroatoms. The maximum absolute atomic E-state index is 13.5. The first-order valence-electron chi connectivity index (χ1n) is 9.02. The van der Waals surface area contributed by atoms with Crippen LogP contribution in [-0.2, 0) is 20.2 Å². The number of hydrogen-bond acceptors (Lipinski definition) is 5. The predicted molar refractivity (Wildman–Crippen MR) is 108 cm³/mol. The second kappa shape index (κ2) is 8.32. The maximum atomic E-state index is 13.5. The maximum Gasteiger partial charge on any atom is 0.363 e. The fourth-order valence-corrected chi connectivity index (χ4v) is 4.78. The minimum atomic E-state index is -3.50. The lowest BCUT2D eigenvalue weighted by atomic mass is 10.0. The summed E-state index contributed by atoms with van der Waals surface area (Å²) in [5.74, 6) is 0. The third-order valence-corrected chi connectivity index (χ3v) is 6.40. The number of rotatable bonds is 7. The molecule has 27 heavy (non-hydrogen) atoms. The SMILES string of the molecule is CCOP(=O)(OCC)c1cc(-c2ccc(CO)cc2)cc2ccc(C)nc12. The molecular weight excluding hydrogens is 361 g/mol. The van der Waals surface area contributed by atoms with Gasteiger partial charge in [0.1, 0.15) is 0 Å². The van der Waals surface area contributed by atoms with Crippen molar-refractivity contribution < 1.29 is 18.7 Å². The summed E-state index contributed by atoms with van der Waals surface area (Å²) in [7, 11) is -3.50. The van der Waals surface area contributed by atoms with E-state index in [0.717, 1.165) is 27.8 Å². The van der Waals surface area contributed by atoms with E-state index in [1.54, 1.807) is 13.8 Å². The first-order valence-corrected chi connectivity index (χ1v) is 10.6. The Hall–Kier alpha value is -2.04. The second-order valence-corrected chi connectivity index (χ2v) is 8.20. The Morgan fingerprint density at radius 2 is 1.63 bits per heavy atom. The minimum Gasteiger partial charge on any atom is -0.392 e. The van der Waals surface area contributed by atoms with Crippen molar-refractivity contribution in [2.24, 2.45) is 0 Å². The van der Waals surface area contributed by atoms with E-state index in [1.807, 2.05) is 55.5 Å². The normalized spacial score (nSPS) is 11.9. The molecular formula is C21H24NO4P. The third-order valence-electron chi connectivity index (χ3n) is 4.27. The molecule has 1 aromatic heterocycles. The minimum absolute atomic E-state index is 0.00364. The number of aryl methyl sites for hydroxylation is 1. The molecule has 0 unspecified atom stereocenters. The van der Waals surface area contributed by atoms with Crippen molar-refractivity contribution in [3.63, 3.8) is 0 Å². The predicted octanol–water partition coefficient (Wildman–Crippen LogP) is 4.59. The van der Waals surface area contributed by atoms with Crippen LogP contribution in [0.25, 0.3) is 22.0 Å². The summed E-state index contributed by atoms with van der Waals surface area (Å²) in [6.45, 7) is 6.04. The van der Waals surface area contributed by atoms with Crippen molar-refractivity contribution in [3.05, 3.63) is 59.8 Å². The van der Waals surface area contributed by atoms with Gasteiger partial charge < -0.3 is 14.2 Å². The number of benzene rings is 2. The van der Waals surface area contributed by atoms with E-state index in [4.69, 9.17) is 9.05 Å². The number of hydrogen-bond donors (Lipinski definition) is 1. The van der Waals surface area contributed by atoms with Crippen molar-refractivity contribution in [1.82, 2.24) is 4.98 Å². The largest absolute Gasteiger partial charge is 0.392 e. The van der Waals surface area contributed by atoms with E-state index in [1.165, 1.54) is 0 Å². The standard InChI is InChI=1S/C21H24NO4P/c1-4-25-27(24,26-5-2)20-13-19(17-10-7-16(14-23)8-11-17)12-18-9-6-15(3)22-21(18)20/h6-13,23H,4-5,14H2,1-3H3. The smallest absolute Gasteiger partial charge is 0.363 e. The lowest BCUT2D eigenvalue weighted by Crippen LogP contribution is -2.14. The number of aliphatic hydroxyl groups excluding tert-OH is 1. The average molecular weight is 385 g/mol. The Balaban J connectivity index is 2.25. The number of fused-ring (bicyclic) bond motifs is 1. The molecule has 1 N–H and O–H groups in total. The lowest BCUT2D eigenvalue weighted by molar-refractivity contribution is 0.230. The fraction of sp³-hybridized carbons (Fsp3) is 0.286. The summed E-state index contributed by atoms with van der Waals surface area (Å²) in [6, 6.07) is 15.4. The van der Waals surface area contributed by atoms with Gasteiger partial charge in [-0.1, -0.05) is 30.3 Å². The van der Waals surface area contributed by atoms with Crippen LogP contribution < -0.4 is 5.30 Å². The van der Waals surface area contributed by atoms with Crippen molar-refractivity contribution in [3.8, 4) is 11.1 Å². The Morgan fingerprint density at radius 3 is 2.22 bits per heavy atom. The molecule has 3 rings (SSSR count). The second-order valence-electron chi connectivity index (χ2n) is 6.21. The van der Waals surface area contributed by atoms with E-state index in [9.17, 15) is 9.67 Å². The zero-order valence-electron chi connectivity index (χ0n) is 15.8. The van der Waals surface area contributed by atoms with Crippen LogP contribution in [0, 0.1) is 6.92 Å². The van der Waals surface area contributed by atoms with Crippen LogP contribution in [-0.4, -0.2) is 23.3 Å². The van der Waals surface area contributed by atoms with Crippen LogP contribution in [0.1, 0.15) is 25.1 Å². The van der Waals surface area contributed by atoms with Crippen LogP contribution in [0.3, 0.4) is 0 Å². The summed E-state index contributed by atoms with van der Waals surface area (Å²) >= 11 is 0. The van der Waals surface area contributed by atoms with Gasteiger partial charge in [-0.25, -0.2) is 0 Å². The van der Waals surface area contributed by atoms with E-state index in [0.29, 0.717) is 10.8 Å². The van der Waals surface area contributed by atoms with Gasteiger partial charge in [0, 0.05) is 11.1 Å². The molecule has 0 fully saturated rings. The molecule has 0 aliphatic carbocycles. The van der Waals surface area contributed by atoms with Crippen LogP contribution in [0.15, 0.2) is 48.5 Å². The van der Waals surface area contributed by atoms with Crippen molar-refractivity contribution >= 4 is 23.8 Å². The monoisotopic (exact) mass is 385 g/mol. The Kier molecular flexibility index (Phi) is 6.08. The number of nitrogens with zero attached hydrogens (tertiary/aromatic N) is 1. The molecule has 3 aromatic rings. The highest BCUT2D eigenvalue weighted by Gasteiger charge is 2.30. The summed E-state index contributed by atoms with van der Waals surface area (Å²) in [5.41, 5.74) is 4.16. The highest BCUT2D eigenvalue weighted by molar-refractivity contribution is 7.62. The molecule has 0 aliphatic rings. The molecule has 0 bridgehead atoms. The molecule has 0 spiro atoms. The number of aliphatic hydroxyl groups is 1. The molecule has 2 aromatic carbocycles. The molecule has 142 valence electrons. The van der Waals surface area contributed by atoms with Crippen LogP contribution >= 0.6 is 7.60 Å². The lowest BCUT2D eigenvalue weighted by Gasteiger charge is -2.20. The zero-order chi connectivity index (χ0) is 19.4. The third kappa shape index (κ3) is 4.12. The summed E-state index contributed by atoms with van der Waals surface area (Å²) in [6.07, 6.45) is 0. The Labute approximate surface area is 159 Å². The van der Waals surface area contributed by atoms with Gasteiger partial charge in [-0.15, -0.1) is 0 Å². The van der Waals surface area contributed by atoms with Gasteiger partial charge in [-0.3, -0.25) is 9.55 Å². The Bertz CT molecular complexity index is 975. The van der Waals surface area contributed by atoms with Crippen LogP contribution in [0.2, 0.25) is 0 Å². The van der Waals surface area contributed by atoms with Crippen LogP contribution in [0.4, 0.5) is 0 Å². The van der Waals surface area contributed by atoms with Crippen molar-refractivity contribution in [2.45, 2.75) is 27.4 Å².